The fourth-order valence-electron chi connectivity index (χ4n) is 2.34. The van der Waals surface area contributed by atoms with Gasteiger partial charge in [0.25, 0.3) is 0 Å². The van der Waals surface area contributed by atoms with Gasteiger partial charge in [0.05, 0.1) is 11.4 Å². The molecule has 1 N–H and O–H groups in total. The summed E-state index contributed by atoms with van der Waals surface area (Å²) < 4.78 is 13.4. The van der Waals surface area contributed by atoms with Gasteiger partial charge in [0, 0.05) is 5.56 Å². The fourth-order valence-corrected chi connectivity index (χ4v) is 2.34. The molecular weight excluding hydrogens is 253 g/mol. The van der Waals surface area contributed by atoms with Gasteiger partial charge in [-0.25, -0.2) is 9.37 Å². The average Bonchev–Trinajstić information content (AvgIpc) is 2.47. The number of rotatable bonds is 2. The van der Waals surface area contributed by atoms with Gasteiger partial charge in [-0.05, 0) is 35.9 Å². The second kappa shape index (κ2) is 4.93. The summed E-state index contributed by atoms with van der Waals surface area (Å²) in [5, 5.41) is 12.1. The molecule has 100 valence electrons. The van der Waals surface area contributed by atoms with Crippen molar-refractivity contribution in [1.29, 1.82) is 0 Å². The molecule has 1 atom stereocenters. The van der Waals surface area contributed by atoms with E-state index in [-0.39, 0.29) is 5.75 Å². The van der Waals surface area contributed by atoms with Crippen LogP contribution in [0.3, 0.4) is 0 Å². The summed E-state index contributed by atoms with van der Waals surface area (Å²) in [4.78, 5) is 4.32. The highest BCUT2D eigenvalue weighted by atomic mass is 19.1. The van der Waals surface area contributed by atoms with E-state index in [0.717, 1.165) is 10.8 Å². The first-order valence-corrected chi connectivity index (χ1v) is 6.49. The van der Waals surface area contributed by atoms with Gasteiger partial charge >= 0.3 is 0 Å². The molecule has 2 nitrogen and oxygen atoms in total. The molecule has 1 unspecified atom stereocenters. The fraction of sp³-hybridized carbons (Fsp3) is 0.118. The Morgan fingerprint density at radius 3 is 2.60 bits per heavy atom. The minimum Gasteiger partial charge on any atom is -0.507 e. The molecule has 0 amide bonds. The predicted octanol–water partition coefficient (Wildman–Crippen LogP) is 4.64. The van der Waals surface area contributed by atoms with Crippen LogP contribution in [0.5, 0.6) is 5.75 Å². The van der Waals surface area contributed by atoms with Crippen LogP contribution >= 0.6 is 0 Å². The normalized spacial score (nSPS) is 12.5. The number of pyridine rings is 1. The minimum absolute atomic E-state index is 0.153. The lowest BCUT2D eigenvalue weighted by molar-refractivity contribution is 0.366. The summed E-state index contributed by atoms with van der Waals surface area (Å²) in [6, 6.07) is 16.4. The highest BCUT2D eigenvalue weighted by molar-refractivity contribution is 5.98. The van der Waals surface area contributed by atoms with E-state index in [0.29, 0.717) is 17.0 Å². The van der Waals surface area contributed by atoms with Crippen molar-refractivity contribution in [3.63, 3.8) is 0 Å². The number of fused-ring (bicyclic) bond motifs is 1. The molecule has 0 saturated heterocycles. The second-order valence-corrected chi connectivity index (χ2v) is 4.74. The predicted molar refractivity (Wildman–Crippen MR) is 78.4 cm³/mol. The standard InChI is InChI=1S/C17H14FNO/c1-11(18)14-7-4-8-15(19-14)17-13-6-3-2-5-12(13)9-10-16(17)20/h2-11,20H,1H3. The van der Waals surface area contributed by atoms with Gasteiger partial charge in [0.15, 0.2) is 0 Å². The molecule has 0 aliphatic heterocycles. The topological polar surface area (TPSA) is 33.1 Å². The zero-order valence-electron chi connectivity index (χ0n) is 11.0. The number of halogens is 1. The molecule has 0 aliphatic rings. The number of aromatic nitrogens is 1. The van der Waals surface area contributed by atoms with E-state index in [1.807, 2.05) is 30.3 Å². The van der Waals surface area contributed by atoms with Crippen molar-refractivity contribution in [3.8, 4) is 17.0 Å². The Morgan fingerprint density at radius 2 is 1.80 bits per heavy atom. The monoisotopic (exact) mass is 267 g/mol. The van der Waals surface area contributed by atoms with Crippen LogP contribution in [0.25, 0.3) is 22.0 Å². The van der Waals surface area contributed by atoms with Gasteiger partial charge in [-0.3, -0.25) is 0 Å². The van der Waals surface area contributed by atoms with Crippen LogP contribution in [0.4, 0.5) is 4.39 Å². The van der Waals surface area contributed by atoms with Crippen LogP contribution in [-0.4, -0.2) is 10.1 Å². The Balaban J connectivity index is 2.28. The first-order chi connectivity index (χ1) is 9.66. The quantitative estimate of drug-likeness (QED) is 0.733. The lowest BCUT2D eigenvalue weighted by atomic mass is 10.0. The van der Waals surface area contributed by atoms with Crippen molar-refractivity contribution in [2.75, 3.05) is 0 Å². The third kappa shape index (κ3) is 2.11. The van der Waals surface area contributed by atoms with Gasteiger partial charge in [0.2, 0.25) is 0 Å². The SMILES string of the molecule is CC(F)c1cccc(-c2c(O)ccc3ccccc23)n1. The number of hydrogen-bond acceptors (Lipinski definition) is 2. The van der Waals surface area contributed by atoms with Crippen LogP contribution in [0, 0.1) is 0 Å². The number of benzene rings is 2. The van der Waals surface area contributed by atoms with Crippen molar-refractivity contribution in [2.45, 2.75) is 13.1 Å². The van der Waals surface area contributed by atoms with Crippen LogP contribution in [0.15, 0.2) is 54.6 Å². The zero-order chi connectivity index (χ0) is 14.1. The van der Waals surface area contributed by atoms with Gasteiger partial charge in [-0.2, -0.15) is 0 Å². The molecule has 3 rings (SSSR count). The largest absolute Gasteiger partial charge is 0.507 e. The third-order valence-corrected chi connectivity index (χ3v) is 3.34. The number of phenols is 1. The molecule has 20 heavy (non-hydrogen) atoms. The molecule has 0 saturated carbocycles. The van der Waals surface area contributed by atoms with Gasteiger partial charge < -0.3 is 5.11 Å². The zero-order valence-corrected chi connectivity index (χ0v) is 11.0. The van der Waals surface area contributed by atoms with Crippen LogP contribution in [0.2, 0.25) is 0 Å². The number of alkyl halides is 1. The molecule has 0 spiro atoms. The number of nitrogens with zero attached hydrogens (tertiary/aromatic N) is 1. The van der Waals surface area contributed by atoms with Crippen molar-refractivity contribution in [3.05, 3.63) is 60.3 Å². The maximum absolute atomic E-state index is 13.4. The van der Waals surface area contributed by atoms with E-state index >= 15 is 0 Å². The Morgan fingerprint density at radius 1 is 1.00 bits per heavy atom. The van der Waals surface area contributed by atoms with Crippen molar-refractivity contribution in [1.82, 2.24) is 4.98 Å². The first kappa shape index (κ1) is 12.6. The molecule has 2 aromatic carbocycles. The molecule has 0 bridgehead atoms. The molecule has 3 heteroatoms. The summed E-state index contributed by atoms with van der Waals surface area (Å²) in [6.07, 6.45) is -1.13. The van der Waals surface area contributed by atoms with Gasteiger partial charge in [-0.1, -0.05) is 36.4 Å². The molecule has 1 aromatic heterocycles. The highest BCUT2D eigenvalue weighted by Gasteiger charge is 2.12. The van der Waals surface area contributed by atoms with E-state index in [2.05, 4.69) is 4.98 Å². The van der Waals surface area contributed by atoms with Crippen LogP contribution in [0.1, 0.15) is 18.8 Å². The van der Waals surface area contributed by atoms with E-state index in [1.54, 1.807) is 24.3 Å². The molecule has 1 heterocycles. The third-order valence-electron chi connectivity index (χ3n) is 3.34. The molecule has 3 aromatic rings. The molecule has 0 aliphatic carbocycles. The van der Waals surface area contributed by atoms with E-state index in [9.17, 15) is 9.50 Å². The summed E-state index contributed by atoms with van der Waals surface area (Å²) in [7, 11) is 0. The van der Waals surface area contributed by atoms with Crippen molar-refractivity contribution < 1.29 is 9.50 Å². The van der Waals surface area contributed by atoms with Crippen LogP contribution in [-0.2, 0) is 0 Å². The van der Waals surface area contributed by atoms with Gasteiger partial charge in [-0.15, -0.1) is 0 Å². The summed E-state index contributed by atoms with van der Waals surface area (Å²) >= 11 is 0. The molecule has 0 fully saturated rings. The van der Waals surface area contributed by atoms with E-state index in [1.165, 1.54) is 6.92 Å². The Labute approximate surface area is 116 Å². The molecular formula is C17H14FNO. The van der Waals surface area contributed by atoms with Gasteiger partial charge in [0.1, 0.15) is 11.9 Å². The first-order valence-electron chi connectivity index (χ1n) is 6.49. The van der Waals surface area contributed by atoms with Crippen LogP contribution < -0.4 is 0 Å². The highest BCUT2D eigenvalue weighted by Crippen LogP contribution is 2.35. The Hall–Kier alpha value is -2.42. The summed E-state index contributed by atoms with van der Waals surface area (Å²) in [6.45, 7) is 1.45. The number of aromatic hydroxyl groups is 1. The smallest absolute Gasteiger partial charge is 0.139 e. The second-order valence-electron chi connectivity index (χ2n) is 4.74. The maximum atomic E-state index is 13.4. The average molecular weight is 267 g/mol. The number of phenolic OH excluding ortho intramolecular Hbond substituents is 1. The van der Waals surface area contributed by atoms with Crippen molar-refractivity contribution in [2.24, 2.45) is 0 Å². The molecule has 0 radical (unpaired) electrons. The summed E-state index contributed by atoms with van der Waals surface area (Å²) in [5.41, 5.74) is 1.60. The number of hydrogen-bond donors (Lipinski definition) is 1. The lowest BCUT2D eigenvalue weighted by Crippen LogP contribution is -1.94. The van der Waals surface area contributed by atoms with E-state index < -0.39 is 6.17 Å². The Kier molecular flexibility index (Phi) is 3.11. The maximum Gasteiger partial charge on any atom is 0.139 e. The summed E-state index contributed by atoms with van der Waals surface area (Å²) in [5.74, 6) is 0.153. The Bertz CT molecular complexity index is 768. The lowest BCUT2D eigenvalue weighted by Gasteiger charge is -2.10. The van der Waals surface area contributed by atoms with Crippen molar-refractivity contribution >= 4 is 10.8 Å². The minimum atomic E-state index is -1.13. The van der Waals surface area contributed by atoms with E-state index in [4.69, 9.17) is 0 Å².